The molecule has 134 valence electrons. The molecule has 3 aromatic rings. The molecule has 3 nitrogen and oxygen atoms in total. The van der Waals surface area contributed by atoms with E-state index in [1.165, 1.54) is 18.4 Å². The van der Waals surface area contributed by atoms with E-state index >= 15 is 0 Å². The predicted molar refractivity (Wildman–Crippen MR) is 110 cm³/mol. The van der Waals surface area contributed by atoms with Crippen molar-refractivity contribution in [3.8, 4) is 11.4 Å². The molecule has 1 saturated heterocycles. The maximum atomic E-state index is 6.24. The van der Waals surface area contributed by atoms with Crippen molar-refractivity contribution in [1.82, 2.24) is 9.97 Å². The molecular formula is C22H24ClN3. The van der Waals surface area contributed by atoms with Gasteiger partial charge in [0.05, 0.1) is 5.52 Å². The molecular weight excluding hydrogens is 342 g/mol. The maximum Gasteiger partial charge on any atom is 0.162 e. The number of nitrogens with zero attached hydrogens (tertiary/aromatic N) is 3. The number of anilines is 1. The first-order chi connectivity index (χ1) is 12.4. The molecule has 0 unspecified atom stereocenters. The second-order valence-electron chi connectivity index (χ2n) is 8.05. The molecule has 26 heavy (non-hydrogen) atoms. The molecule has 0 atom stereocenters. The van der Waals surface area contributed by atoms with Gasteiger partial charge in [0.25, 0.3) is 0 Å². The van der Waals surface area contributed by atoms with E-state index < -0.39 is 0 Å². The molecule has 1 fully saturated rings. The SMILES string of the molecule is CC(C)(C)c1ccc(-c2nc(N3CCCC3)c3cc(Cl)ccc3n2)cc1. The Kier molecular flexibility index (Phi) is 4.36. The molecule has 0 saturated carbocycles. The first kappa shape index (κ1) is 17.3. The van der Waals surface area contributed by atoms with E-state index in [1.54, 1.807) is 0 Å². The van der Waals surface area contributed by atoms with Crippen LogP contribution in [-0.4, -0.2) is 23.1 Å². The molecule has 0 amide bonds. The third-order valence-corrected chi connectivity index (χ3v) is 5.29. The second-order valence-corrected chi connectivity index (χ2v) is 8.49. The lowest BCUT2D eigenvalue weighted by atomic mass is 9.87. The smallest absolute Gasteiger partial charge is 0.162 e. The van der Waals surface area contributed by atoms with Gasteiger partial charge in [0.1, 0.15) is 5.82 Å². The summed E-state index contributed by atoms with van der Waals surface area (Å²) >= 11 is 6.24. The minimum Gasteiger partial charge on any atom is -0.356 e. The number of hydrogen-bond acceptors (Lipinski definition) is 3. The number of benzene rings is 2. The van der Waals surface area contributed by atoms with Gasteiger partial charge < -0.3 is 4.90 Å². The maximum absolute atomic E-state index is 6.24. The molecule has 1 aliphatic heterocycles. The van der Waals surface area contributed by atoms with Crippen molar-refractivity contribution in [3.05, 3.63) is 53.1 Å². The lowest BCUT2D eigenvalue weighted by molar-refractivity contribution is 0.590. The lowest BCUT2D eigenvalue weighted by Gasteiger charge is -2.20. The second kappa shape index (κ2) is 6.55. The van der Waals surface area contributed by atoms with Crippen LogP contribution in [0.3, 0.4) is 0 Å². The highest BCUT2D eigenvalue weighted by Gasteiger charge is 2.19. The van der Waals surface area contributed by atoms with Crippen LogP contribution in [0.5, 0.6) is 0 Å². The van der Waals surface area contributed by atoms with Gasteiger partial charge in [-0.15, -0.1) is 0 Å². The summed E-state index contributed by atoms with van der Waals surface area (Å²) in [6, 6.07) is 14.5. The average Bonchev–Trinajstić information content (AvgIpc) is 3.15. The summed E-state index contributed by atoms with van der Waals surface area (Å²) in [5.74, 6) is 1.78. The van der Waals surface area contributed by atoms with Crippen LogP contribution in [0.25, 0.3) is 22.3 Å². The fourth-order valence-corrected chi connectivity index (χ4v) is 3.67. The molecule has 1 aromatic heterocycles. The number of aromatic nitrogens is 2. The molecule has 0 N–H and O–H groups in total. The fraction of sp³-hybridized carbons (Fsp3) is 0.364. The summed E-state index contributed by atoms with van der Waals surface area (Å²) in [6.07, 6.45) is 2.42. The number of halogens is 1. The van der Waals surface area contributed by atoms with Crippen molar-refractivity contribution in [2.24, 2.45) is 0 Å². The molecule has 4 rings (SSSR count). The molecule has 4 heteroatoms. The zero-order chi connectivity index (χ0) is 18.3. The Morgan fingerprint density at radius 1 is 0.923 bits per heavy atom. The molecule has 1 aliphatic rings. The summed E-state index contributed by atoms with van der Waals surface area (Å²) in [5.41, 5.74) is 3.45. The van der Waals surface area contributed by atoms with Crippen LogP contribution in [-0.2, 0) is 5.41 Å². The van der Waals surface area contributed by atoms with Crippen molar-refractivity contribution >= 4 is 28.3 Å². The Morgan fingerprint density at radius 3 is 2.27 bits per heavy atom. The van der Waals surface area contributed by atoms with Crippen molar-refractivity contribution in [1.29, 1.82) is 0 Å². The highest BCUT2D eigenvalue weighted by Crippen LogP contribution is 2.32. The third-order valence-electron chi connectivity index (χ3n) is 5.05. The first-order valence-electron chi connectivity index (χ1n) is 9.25. The molecule has 0 aliphatic carbocycles. The van der Waals surface area contributed by atoms with Crippen LogP contribution in [0.15, 0.2) is 42.5 Å². The van der Waals surface area contributed by atoms with Gasteiger partial charge in [-0.3, -0.25) is 0 Å². The topological polar surface area (TPSA) is 29.0 Å². The van der Waals surface area contributed by atoms with Crippen molar-refractivity contribution in [2.75, 3.05) is 18.0 Å². The van der Waals surface area contributed by atoms with E-state index in [4.69, 9.17) is 21.6 Å². The summed E-state index contributed by atoms with van der Waals surface area (Å²) in [4.78, 5) is 12.1. The van der Waals surface area contributed by atoms with Crippen LogP contribution in [0.1, 0.15) is 39.2 Å². The zero-order valence-electron chi connectivity index (χ0n) is 15.6. The van der Waals surface area contributed by atoms with Gasteiger partial charge in [0.2, 0.25) is 0 Å². The molecule has 0 spiro atoms. The van der Waals surface area contributed by atoms with Crippen LogP contribution in [0, 0.1) is 0 Å². The summed E-state index contributed by atoms with van der Waals surface area (Å²) in [7, 11) is 0. The van der Waals surface area contributed by atoms with E-state index in [1.807, 2.05) is 18.2 Å². The quantitative estimate of drug-likeness (QED) is 0.570. The van der Waals surface area contributed by atoms with Gasteiger partial charge in [-0.25, -0.2) is 9.97 Å². The summed E-state index contributed by atoms with van der Waals surface area (Å²) in [5, 5.41) is 1.76. The summed E-state index contributed by atoms with van der Waals surface area (Å²) < 4.78 is 0. The Morgan fingerprint density at radius 2 is 1.62 bits per heavy atom. The third kappa shape index (κ3) is 3.28. The minimum atomic E-state index is 0.139. The molecule has 2 aromatic carbocycles. The Labute approximate surface area is 160 Å². The van der Waals surface area contributed by atoms with E-state index in [0.717, 1.165) is 46.2 Å². The van der Waals surface area contributed by atoms with E-state index in [0.29, 0.717) is 0 Å². The van der Waals surface area contributed by atoms with Gasteiger partial charge in [-0.1, -0.05) is 56.6 Å². The van der Waals surface area contributed by atoms with Crippen molar-refractivity contribution in [2.45, 2.75) is 39.0 Å². The highest BCUT2D eigenvalue weighted by atomic mass is 35.5. The van der Waals surface area contributed by atoms with Crippen LogP contribution < -0.4 is 4.90 Å². The number of fused-ring (bicyclic) bond motifs is 1. The molecule has 2 heterocycles. The van der Waals surface area contributed by atoms with E-state index in [2.05, 4.69) is 49.9 Å². The van der Waals surface area contributed by atoms with E-state index in [9.17, 15) is 0 Å². The van der Waals surface area contributed by atoms with Crippen LogP contribution in [0.2, 0.25) is 5.02 Å². The van der Waals surface area contributed by atoms with Gasteiger partial charge in [0.15, 0.2) is 5.82 Å². The van der Waals surface area contributed by atoms with Crippen molar-refractivity contribution in [3.63, 3.8) is 0 Å². The lowest BCUT2D eigenvalue weighted by Crippen LogP contribution is -2.20. The number of rotatable bonds is 2. The monoisotopic (exact) mass is 365 g/mol. The van der Waals surface area contributed by atoms with E-state index in [-0.39, 0.29) is 5.41 Å². The normalized spacial score (nSPS) is 15.0. The van der Waals surface area contributed by atoms with Crippen molar-refractivity contribution < 1.29 is 0 Å². The van der Waals surface area contributed by atoms with Crippen LogP contribution in [0.4, 0.5) is 5.82 Å². The highest BCUT2D eigenvalue weighted by molar-refractivity contribution is 6.31. The largest absolute Gasteiger partial charge is 0.356 e. The molecule has 0 bridgehead atoms. The van der Waals surface area contributed by atoms with Gasteiger partial charge in [0, 0.05) is 29.1 Å². The van der Waals surface area contributed by atoms with Gasteiger partial charge >= 0.3 is 0 Å². The fourth-order valence-electron chi connectivity index (χ4n) is 3.50. The predicted octanol–water partition coefficient (Wildman–Crippen LogP) is 5.85. The van der Waals surface area contributed by atoms with Gasteiger partial charge in [-0.05, 0) is 42.0 Å². The Hall–Kier alpha value is -2.13. The van der Waals surface area contributed by atoms with Gasteiger partial charge in [-0.2, -0.15) is 0 Å². The Bertz CT molecular complexity index is 936. The summed E-state index contributed by atoms with van der Waals surface area (Å²) in [6.45, 7) is 8.76. The molecule has 0 radical (unpaired) electrons. The first-order valence-corrected chi connectivity index (χ1v) is 9.63. The zero-order valence-corrected chi connectivity index (χ0v) is 16.3. The standard InChI is InChI=1S/C22H24ClN3/c1-22(2,3)16-8-6-15(7-9-16)20-24-19-11-10-17(23)14-18(19)21(25-20)26-12-4-5-13-26/h6-11,14H,4-5,12-13H2,1-3H3. The number of hydrogen-bond donors (Lipinski definition) is 0. The minimum absolute atomic E-state index is 0.139. The van der Waals surface area contributed by atoms with Crippen LogP contribution >= 0.6 is 11.6 Å². The average molecular weight is 366 g/mol. The Balaban J connectivity index is 1.84.